The summed E-state index contributed by atoms with van der Waals surface area (Å²) in [5.74, 6) is 1.87. The molecule has 1 nitrogen and oxygen atoms in total. The highest BCUT2D eigenvalue weighted by molar-refractivity contribution is 4.80. The molecule has 0 amide bonds. The molecule has 1 fully saturated rings. The lowest BCUT2D eigenvalue weighted by molar-refractivity contribution is 0.385. The van der Waals surface area contributed by atoms with Gasteiger partial charge in [0, 0.05) is 6.04 Å². The highest BCUT2D eigenvalue weighted by atomic mass is 14.9. The Kier molecular flexibility index (Phi) is 2.72. The Labute approximate surface area is 64.2 Å². The van der Waals surface area contributed by atoms with Crippen molar-refractivity contribution in [2.24, 2.45) is 11.8 Å². The Bertz CT molecular complexity index is 98.9. The SMILES string of the molecule is CN[C@H]1CC[C@@H](C(C)C)C1. The Morgan fingerprint density at radius 2 is 2.00 bits per heavy atom. The summed E-state index contributed by atoms with van der Waals surface area (Å²) in [6.07, 6.45) is 4.22. The van der Waals surface area contributed by atoms with E-state index in [1.165, 1.54) is 19.3 Å². The van der Waals surface area contributed by atoms with Crippen LogP contribution >= 0.6 is 0 Å². The summed E-state index contributed by atoms with van der Waals surface area (Å²) >= 11 is 0. The molecule has 2 atom stereocenters. The monoisotopic (exact) mass is 141 g/mol. The third-order valence-electron chi connectivity index (χ3n) is 2.82. The molecule has 0 saturated heterocycles. The van der Waals surface area contributed by atoms with Crippen LogP contribution in [0.5, 0.6) is 0 Å². The molecule has 1 heteroatoms. The molecule has 1 rings (SSSR count). The molecular weight excluding hydrogens is 122 g/mol. The van der Waals surface area contributed by atoms with Crippen molar-refractivity contribution in [3.05, 3.63) is 0 Å². The topological polar surface area (TPSA) is 12.0 Å². The second-order valence-electron chi connectivity index (χ2n) is 3.80. The third kappa shape index (κ3) is 1.72. The average molecular weight is 141 g/mol. The smallest absolute Gasteiger partial charge is 0.00669 e. The molecule has 1 saturated carbocycles. The molecule has 1 N–H and O–H groups in total. The van der Waals surface area contributed by atoms with Gasteiger partial charge in [-0.3, -0.25) is 0 Å². The van der Waals surface area contributed by atoms with Gasteiger partial charge >= 0.3 is 0 Å². The molecule has 0 heterocycles. The summed E-state index contributed by atoms with van der Waals surface area (Å²) in [6, 6.07) is 0.812. The summed E-state index contributed by atoms with van der Waals surface area (Å²) in [4.78, 5) is 0. The minimum Gasteiger partial charge on any atom is -0.317 e. The van der Waals surface area contributed by atoms with Crippen LogP contribution in [0.15, 0.2) is 0 Å². The highest BCUT2D eigenvalue weighted by Gasteiger charge is 2.24. The normalized spacial score (nSPS) is 33.6. The van der Waals surface area contributed by atoms with Gasteiger partial charge in [-0.05, 0) is 38.1 Å². The zero-order valence-electron chi connectivity index (χ0n) is 7.35. The molecule has 0 bridgehead atoms. The van der Waals surface area contributed by atoms with Crippen molar-refractivity contribution in [3.63, 3.8) is 0 Å². The first-order valence-electron chi connectivity index (χ1n) is 4.41. The van der Waals surface area contributed by atoms with Crippen LogP contribution in [0.1, 0.15) is 33.1 Å². The first-order valence-corrected chi connectivity index (χ1v) is 4.41. The van der Waals surface area contributed by atoms with E-state index in [4.69, 9.17) is 0 Å². The lowest BCUT2D eigenvalue weighted by Crippen LogP contribution is -2.21. The molecule has 0 unspecified atom stereocenters. The predicted molar refractivity (Wildman–Crippen MR) is 45.0 cm³/mol. The van der Waals surface area contributed by atoms with Crippen LogP contribution in [-0.4, -0.2) is 13.1 Å². The summed E-state index contributed by atoms with van der Waals surface area (Å²) < 4.78 is 0. The van der Waals surface area contributed by atoms with Gasteiger partial charge in [-0.2, -0.15) is 0 Å². The van der Waals surface area contributed by atoms with Crippen LogP contribution in [0, 0.1) is 11.8 Å². The van der Waals surface area contributed by atoms with Crippen molar-refractivity contribution in [1.29, 1.82) is 0 Å². The standard InChI is InChI=1S/C9H19N/c1-7(2)8-4-5-9(6-8)10-3/h7-10H,4-6H2,1-3H3/t8-,9+/m1/s1. The number of hydrogen-bond acceptors (Lipinski definition) is 1. The van der Waals surface area contributed by atoms with Gasteiger partial charge < -0.3 is 5.32 Å². The molecular formula is C9H19N. The van der Waals surface area contributed by atoms with Crippen molar-refractivity contribution < 1.29 is 0 Å². The van der Waals surface area contributed by atoms with Crippen molar-refractivity contribution >= 4 is 0 Å². The van der Waals surface area contributed by atoms with Gasteiger partial charge in [0.25, 0.3) is 0 Å². The van der Waals surface area contributed by atoms with Gasteiger partial charge in [-0.1, -0.05) is 13.8 Å². The van der Waals surface area contributed by atoms with Gasteiger partial charge in [0.05, 0.1) is 0 Å². The number of hydrogen-bond donors (Lipinski definition) is 1. The van der Waals surface area contributed by atoms with E-state index in [0.29, 0.717) is 0 Å². The highest BCUT2D eigenvalue weighted by Crippen LogP contribution is 2.30. The van der Waals surface area contributed by atoms with E-state index < -0.39 is 0 Å². The molecule has 1 aliphatic carbocycles. The summed E-state index contributed by atoms with van der Waals surface area (Å²) in [5, 5.41) is 3.35. The van der Waals surface area contributed by atoms with Gasteiger partial charge in [0.2, 0.25) is 0 Å². The molecule has 0 aliphatic heterocycles. The Morgan fingerprint density at radius 1 is 1.30 bits per heavy atom. The Hall–Kier alpha value is -0.0400. The van der Waals surface area contributed by atoms with Gasteiger partial charge in [0.1, 0.15) is 0 Å². The number of rotatable bonds is 2. The molecule has 0 aromatic rings. The first kappa shape index (κ1) is 8.06. The minimum absolute atomic E-state index is 0.812. The van der Waals surface area contributed by atoms with Crippen molar-refractivity contribution in [2.45, 2.75) is 39.2 Å². The van der Waals surface area contributed by atoms with Gasteiger partial charge in [0.15, 0.2) is 0 Å². The lowest BCUT2D eigenvalue weighted by Gasteiger charge is -2.13. The largest absolute Gasteiger partial charge is 0.317 e. The van der Waals surface area contributed by atoms with Crippen molar-refractivity contribution in [2.75, 3.05) is 7.05 Å². The zero-order valence-corrected chi connectivity index (χ0v) is 7.35. The maximum Gasteiger partial charge on any atom is 0.00669 e. The minimum atomic E-state index is 0.812. The van der Waals surface area contributed by atoms with Crippen LogP contribution in [0.2, 0.25) is 0 Å². The van der Waals surface area contributed by atoms with Crippen LogP contribution in [0.25, 0.3) is 0 Å². The first-order chi connectivity index (χ1) is 4.74. The molecule has 10 heavy (non-hydrogen) atoms. The fraction of sp³-hybridized carbons (Fsp3) is 1.00. The average Bonchev–Trinajstić information content (AvgIpc) is 2.34. The predicted octanol–water partition coefficient (Wildman–Crippen LogP) is 2.03. The lowest BCUT2D eigenvalue weighted by atomic mass is 9.94. The van der Waals surface area contributed by atoms with Crippen molar-refractivity contribution in [1.82, 2.24) is 5.32 Å². The van der Waals surface area contributed by atoms with E-state index in [9.17, 15) is 0 Å². The Balaban J connectivity index is 2.28. The molecule has 0 spiro atoms. The van der Waals surface area contributed by atoms with Crippen LogP contribution < -0.4 is 5.32 Å². The van der Waals surface area contributed by atoms with E-state index in [0.717, 1.165) is 17.9 Å². The molecule has 0 radical (unpaired) electrons. The van der Waals surface area contributed by atoms with Gasteiger partial charge in [-0.25, -0.2) is 0 Å². The Morgan fingerprint density at radius 3 is 2.30 bits per heavy atom. The van der Waals surface area contributed by atoms with E-state index in [1.54, 1.807) is 0 Å². The van der Waals surface area contributed by atoms with E-state index >= 15 is 0 Å². The van der Waals surface area contributed by atoms with Crippen LogP contribution in [0.3, 0.4) is 0 Å². The maximum absolute atomic E-state index is 3.35. The molecule has 0 aromatic heterocycles. The van der Waals surface area contributed by atoms with E-state index in [1.807, 2.05) is 0 Å². The van der Waals surface area contributed by atoms with E-state index in [2.05, 4.69) is 26.2 Å². The molecule has 0 aromatic carbocycles. The fourth-order valence-corrected chi connectivity index (χ4v) is 1.88. The third-order valence-corrected chi connectivity index (χ3v) is 2.82. The van der Waals surface area contributed by atoms with Crippen LogP contribution in [-0.2, 0) is 0 Å². The summed E-state index contributed by atoms with van der Waals surface area (Å²) in [6.45, 7) is 4.67. The quantitative estimate of drug-likeness (QED) is 0.620. The van der Waals surface area contributed by atoms with Crippen molar-refractivity contribution in [3.8, 4) is 0 Å². The fourth-order valence-electron chi connectivity index (χ4n) is 1.88. The zero-order chi connectivity index (χ0) is 7.56. The number of nitrogens with one attached hydrogen (secondary N) is 1. The second-order valence-corrected chi connectivity index (χ2v) is 3.80. The van der Waals surface area contributed by atoms with Crippen LogP contribution in [0.4, 0.5) is 0 Å². The summed E-state index contributed by atoms with van der Waals surface area (Å²) in [7, 11) is 2.08. The van der Waals surface area contributed by atoms with E-state index in [-0.39, 0.29) is 0 Å². The molecule has 1 aliphatic rings. The maximum atomic E-state index is 3.35. The summed E-state index contributed by atoms with van der Waals surface area (Å²) in [5.41, 5.74) is 0. The molecule has 60 valence electrons. The second kappa shape index (κ2) is 3.38. The van der Waals surface area contributed by atoms with Gasteiger partial charge in [-0.15, -0.1) is 0 Å².